The number of anilines is 1. The van der Waals surface area contributed by atoms with E-state index in [1.54, 1.807) is 24.3 Å². The number of rotatable bonds is 5. The lowest BCUT2D eigenvalue weighted by Crippen LogP contribution is -2.27. The molecule has 0 atom stereocenters. The Kier molecular flexibility index (Phi) is 5.91. The fourth-order valence-electron chi connectivity index (χ4n) is 3.40. The summed E-state index contributed by atoms with van der Waals surface area (Å²) in [6, 6.07) is 11.6. The molecular weight excluding hydrogens is 478 g/mol. The highest BCUT2D eigenvalue weighted by Crippen LogP contribution is 2.34. The van der Waals surface area contributed by atoms with Gasteiger partial charge in [-0.05, 0) is 29.8 Å². The number of nitrogens with one attached hydrogen (secondary N) is 3. The molecule has 0 saturated heterocycles. The van der Waals surface area contributed by atoms with Crippen LogP contribution in [0.3, 0.4) is 0 Å². The summed E-state index contributed by atoms with van der Waals surface area (Å²) in [4.78, 5) is 48.3. The van der Waals surface area contributed by atoms with E-state index in [4.69, 9.17) is 6.57 Å². The van der Waals surface area contributed by atoms with Gasteiger partial charge in [0.1, 0.15) is 5.56 Å². The second-order valence-corrected chi connectivity index (χ2v) is 8.76. The molecule has 2 aromatic carbocycles. The van der Waals surface area contributed by atoms with Gasteiger partial charge in [0.2, 0.25) is 5.88 Å². The number of aromatic amines is 2. The van der Waals surface area contributed by atoms with Crippen molar-refractivity contribution in [3.8, 4) is 5.88 Å². The van der Waals surface area contributed by atoms with Gasteiger partial charge in [0.05, 0.1) is 30.0 Å². The Morgan fingerprint density at radius 2 is 1.74 bits per heavy atom. The Hall–Kier alpha value is -4.80. The van der Waals surface area contributed by atoms with Gasteiger partial charge in [0.15, 0.2) is 0 Å². The first kappa shape index (κ1) is 23.4. The van der Waals surface area contributed by atoms with Crippen LogP contribution in [0.2, 0.25) is 0 Å². The number of nitrogens with zero attached hydrogens (tertiary/aromatic N) is 2. The summed E-state index contributed by atoms with van der Waals surface area (Å²) in [5, 5.41) is 12.7. The lowest BCUT2D eigenvalue weighted by atomic mass is 10.00. The van der Waals surface area contributed by atoms with Crippen LogP contribution in [0, 0.1) is 6.57 Å². The normalized spacial score (nSPS) is 14.0. The summed E-state index contributed by atoms with van der Waals surface area (Å²) < 4.78 is 28.0. The van der Waals surface area contributed by atoms with Gasteiger partial charge < -0.3 is 10.4 Å². The molecule has 0 saturated carbocycles. The zero-order valence-electron chi connectivity index (χ0n) is 17.8. The van der Waals surface area contributed by atoms with Crippen molar-refractivity contribution in [2.75, 3.05) is 12.4 Å². The van der Waals surface area contributed by atoms with Crippen molar-refractivity contribution in [1.82, 2.24) is 9.97 Å². The summed E-state index contributed by atoms with van der Waals surface area (Å²) in [5.74, 6) is -1.55. The average molecular weight is 493 g/mol. The molecule has 0 bridgehead atoms. The molecule has 1 aromatic heterocycles. The van der Waals surface area contributed by atoms with Gasteiger partial charge in [-0.15, -0.1) is 0 Å². The fraction of sp³-hybridized carbons (Fsp3) is 0.0455. The molecule has 176 valence electrons. The van der Waals surface area contributed by atoms with Crippen molar-refractivity contribution in [2.45, 2.75) is 4.90 Å². The number of fused-ring (bicyclic) bond motifs is 1. The molecule has 1 aliphatic rings. The molecule has 1 amide bonds. The lowest BCUT2D eigenvalue weighted by Gasteiger charge is -2.07. The molecule has 35 heavy (non-hydrogen) atoms. The van der Waals surface area contributed by atoms with Gasteiger partial charge in [-0.25, -0.2) is 9.64 Å². The second-order valence-electron chi connectivity index (χ2n) is 7.05. The summed E-state index contributed by atoms with van der Waals surface area (Å²) in [6.45, 7) is 7.56. The van der Waals surface area contributed by atoms with E-state index in [0.717, 1.165) is 7.11 Å². The third-order valence-corrected chi connectivity index (χ3v) is 6.28. The largest absolute Gasteiger partial charge is 0.494 e. The highest BCUT2D eigenvalue weighted by molar-refractivity contribution is 7.86. The van der Waals surface area contributed by atoms with Crippen molar-refractivity contribution >= 4 is 33.1 Å². The van der Waals surface area contributed by atoms with Gasteiger partial charge in [-0.3, -0.25) is 28.7 Å². The SMILES string of the molecule is [C-]#[N+]/C(C(=O)Nc1ccc(S(=O)(=O)OC)cc1)=C1/N=C(c2c(O)[nH]c(=O)[nH]c2=O)c2ccccc21. The van der Waals surface area contributed by atoms with Crippen LogP contribution in [0.4, 0.5) is 5.69 Å². The highest BCUT2D eigenvalue weighted by Gasteiger charge is 2.30. The van der Waals surface area contributed by atoms with Gasteiger partial charge in [-0.1, -0.05) is 24.3 Å². The quantitative estimate of drug-likeness (QED) is 0.234. The molecule has 0 spiro atoms. The second kappa shape index (κ2) is 8.86. The molecular formula is C22H15N5O7S. The summed E-state index contributed by atoms with van der Waals surface area (Å²) in [6.07, 6.45) is 0. The van der Waals surface area contributed by atoms with E-state index in [-0.39, 0.29) is 27.6 Å². The molecule has 13 heteroatoms. The van der Waals surface area contributed by atoms with E-state index < -0.39 is 38.9 Å². The van der Waals surface area contributed by atoms with Crippen LogP contribution in [-0.2, 0) is 19.1 Å². The van der Waals surface area contributed by atoms with E-state index in [1.165, 1.54) is 24.3 Å². The molecule has 0 unspecified atom stereocenters. The number of hydrogen-bond donors (Lipinski definition) is 4. The monoisotopic (exact) mass is 493 g/mol. The molecule has 0 aliphatic carbocycles. The molecule has 12 nitrogen and oxygen atoms in total. The Morgan fingerprint density at radius 3 is 2.34 bits per heavy atom. The maximum atomic E-state index is 12.9. The van der Waals surface area contributed by atoms with Gasteiger partial charge in [-0.2, -0.15) is 8.42 Å². The molecule has 2 heterocycles. The van der Waals surface area contributed by atoms with Gasteiger partial charge in [0.25, 0.3) is 27.3 Å². The molecule has 1 aliphatic heterocycles. The average Bonchev–Trinajstić information content (AvgIpc) is 3.18. The molecule has 0 radical (unpaired) electrons. The maximum Gasteiger partial charge on any atom is 0.328 e. The van der Waals surface area contributed by atoms with Crippen LogP contribution in [0.15, 0.2) is 73.7 Å². The number of aromatic nitrogens is 2. The summed E-state index contributed by atoms with van der Waals surface area (Å²) in [5.41, 5.74) is -1.72. The Labute approximate surface area is 197 Å². The predicted molar refractivity (Wildman–Crippen MR) is 124 cm³/mol. The van der Waals surface area contributed by atoms with Crippen molar-refractivity contribution in [1.29, 1.82) is 0 Å². The van der Waals surface area contributed by atoms with Crippen LogP contribution in [0.5, 0.6) is 5.88 Å². The van der Waals surface area contributed by atoms with E-state index >= 15 is 0 Å². The topological polar surface area (TPSA) is 175 Å². The number of hydrogen-bond acceptors (Lipinski definition) is 8. The summed E-state index contributed by atoms with van der Waals surface area (Å²) >= 11 is 0. The van der Waals surface area contributed by atoms with Crippen molar-refractivity contribution < 1.29 is 22.5 Å². The third kappa shape index (κ3) is 4.26. The smallest absolute Gasteiger partial charge is 0.328 e. The van der Waals surface area contributed by atoms with E-state index in [1.807, 2.05) is 4.98 Å². The fourth-order valence-corrected chi connectivity index (χ4v) is 4.06. The highest BCUT2D eigenvalue weighted by atomic mass is 32.2. The third-order valence-electron chi connectivity index (χ3n) is 4.99. The zero-order valence-corrected chi connectivity index (χ0v) is 18.6. The van der Waals surface area contributed by atoms with Crippen molar-refractivity contribution in [3.63, 3.8) is 0 Å². The Bertz CT molecular complexity index is 1690. The van der Waals surface area contributed by atoms with Crippen LogP contribution in [0.1, 0.15) is 16.7 Å². The van der Waals surface area contributed by atoms with Gasteiger partial charge >= 0.3 is 5.69 Å². The first-order valence-electron chi connectivity index (χ1n) is 9.74. The first-order chi connectivity index (χ1) is 16.7. The van der Waals surface area contributed by atoms with E-state index in [9.17, 15) is 27.9 Å². The minimum atomic E-state index is -3.91. The number of carbonyl (C=O) groups excluding carboxylic acids is 1. The van der Waals surface area contributed by atoms with E-state index in [2.05, 4.69) is 24.3 Å². The molecule has 3 aromatic rings. The Balaban J connectivity index is 1.78. The number of aromatic hydroxyl groups is 1. The molecule has 4 rings (SSSR count). The van der Waals surface area contributed by atoms with Crippen LogP contribution in [0.25, 0.3) is 10.5 Å². The van der Waals surface area contributed by atoms with Crippen molar-refractivity contribution in [3.05, 3.63) is 103 Å². The lowest BCUT2D eigenvalue weighted by molar-refractivity contribution is -0.112. The Morgan fingerprint density at radius 1 is 1.09 bits per heavy atom. The van der Waals surface area contributed by atoms with Crippen molar-refractivity contribution in [2.24, 2.45) is 4.99 Å². The van der Waals surface area contributed by atoms with Crippen LogP contribution < -0.4 is 16.6 Å². The molecule has 0 fully saturated rings. The maximum absolute atomic E-state index is 12.9. The van der Waals surface area contributed by atoms with Gasteiger partial charge in [0, 0.05) is 11.3 Å². The number of carbonyl (C=O) groups is 1. The summed E-state index contributed by atoms with van der Waals surface area (Å²) in [7, 11) is -2.89. The van der Waals surface area contributed by atoms with Crippen LogP contribution in [-0.4, -0.2) is 42.2 Å². The first-order valence-corrected chi connectivity index (χ1v) is 11.1. The zero-order chi connectivity index (χ0) is 25.3. The number of aliphatic imine (C=N–C) groups is 1. The minimum absolute atomic E-state index is 0.0336. The minimum Gasteiger partial charge on any atom is -0.494 e. The standard InChI is InChI=1S/C22H15N5O7S/c1-23-18(21(30)24-11-7-9-12(10-8-11)35(32,33)34-2)17-14-6-4-3-5-13(14)16(25-17)15-19(28)26-22(31)27-20(15)29/h3-10H,2H3,(H,24,30)(H3,26,27,28,29,31)/b18-17+. The predicted octanol–water partition coefficient (Wildman–Crippen LogP) is 1.18. The number of H-pyrrole nitrogens is 2. The number of amides is 1. The van der Waals surface area contributed by atoms with E-state index in [0.29, 0.717) is 11.1 Å². The molecule has 4 N–H and O–H groups in total. The number of benzene rings is 2. The van der Waals surface area contributed by atoms with Crippen LogP contribution >= 0.6 is 0 Å².